The van der Waals surface area contributed by atoms with Crippen LogP contribution < -0.4 is 11.1 Å². The first kappa shape index (κ1) is 14.3. The zero-order valence-electron chi connectivity index (χ0n) is 11.3. The largest absolute Gasteiger partial charge is 0.481 e. The van der Waals surface area contributed by atoms with Gasteiger partial charge in [0.05, 0.1) is 6.42 Å². The molecule has 5 nitrogen and oxygen atoms in total. The Kier molecular flexibility index (Phi) is 4.80. The number of carboxylic acids is 1. The van der Waals surface area contributed by atoms with E-state index in [2.05, 4.69) is 5.32 Å². The number of nitrogens with one attached hydrogen (secondary N) is 1. The maximum atomic E-state index is 12.2. The van der Waals surface area contributed by atoms with Gasteiger partial charge in [-0.3, -0.25) is 9.59 Å². The van der Waals surface area contributed by atoms with Crippen molar-refractivity contribution >= 4 is 11.9 Å². The summed E-state index contributed by atoms with van der Waals surface area (Å²) >= 11 is 0. The topological polar surface area (TPSA) is 92.4 Å². The van der Waals surface area contributed by atoms with Crippen molar-refractivity contribution in [3.05, 3.63) is 0 Å². The van der Waals surface area contributed by atoms with Crippen molar-refractivity contribution in [1.29, 1.82) is 0 Å². The van der Waals surface area contributed by atoms with Crippen molar-refractivity contribution in [3.8, 4) is 0 Å². The molecular formula is C14H24N2O3. The summed E-state index contributed by atoms with van der Waals surface area (Å²) in [6, 6.07) is -0.169. The van der Waals surface area contributed by atoms with E-state index in [-0.39, 0.29) is 24.3 Å². The fourth-order valence-electron chi connectivity index (χ4n) is 2.98. The van der Waals surface area contributed by atoms with Crippen LogP contribution in [0.3, 0.4) is 0 Å². The predicted molar refractivity (Wildman–Crippen MR) is 71.4 cm³/mol. The lowest BCUT2D eigenvalue weighted by Crippen LogP contribution is -2.42. The standard InChI is InChI=1S/C14H24N2O3/c15-8-9-1-3-11(4-2-9)14(19)16-12(7-13(17)18)10-5-6-10/h9-12H,1-8,15H2,(H,16,19)(H,17,18). The Labute approximate surface area is 113 Å². The molecule has 2 saturated carbocycles. The average Bonchev–Trinajstić information content (AvgIpc) is 3.21. The summed E-state index contributed by atoms with van der Waals surface area (Å²) in [4.78, 5) is 23.0. The molecule has 1 atom stereocenters. The highest BCUT2D eigenvalue weighted by molar-refractivity contribution is 5.80. The van der Waals surface area contributed by atoms with Crippen LogP contribution in [0.2, 0.25) is 0 Å². The van der Waals surface area contributed by atoms with Gasteiger partial charge in [0.25, 0.3) is 0 Å². The van der Waals surface area contributed by atoms with Crippen LogP contribution >= 0.6 is 0 Å². The van der Waals surface area contributed by atoms with Gasteiger partial charge in [-0.15, -0.1) is 0 Å². The van der Waals surface area contributed by atoms with E-state index in [0.29, 0.717) is 18.4 Å². The quantitative estimate of drug-likeness (QED) is 0.673. The lowest BCUT2D eigenvalue weighted by molar-refractivity contribution is -0.138. The Hall–Kier alpha value is -1.10. The van der Waals surface area contributed by atoms with Crippen molar-refractivity contribution in [2.45, 2.75) is 51.0 Å². The molecule has 0 spiro atoms. The molecule has 2 aliphatic carbocycles. The van der Waals surface area contributed by atoms with Gasteiger partial charge in [0.15, 0.2) is 0 Å². The third-order valence-electron chi connectivity index (χ3n) is 4.46. The molecule has 19 heavy (non-hydrogen) atoms. The first-order valence-electron chi connectivity index (χ1n) is 7.32. The van der Waals surface area contributed by atoms with Crippen LogP contribution in [-0.4, -0.2) is 29.6 Å². The minimum absolute atomic E-state index is 0.0496. The van der Waals surface area contributed by atoms with Gasteiger partial charge in [-0.05, 0) is 56.9 Å². The fourth-order valence-corrected chi connectivity index (χ4v) is 2.98. The first-order chi connectivity index (χ1) is 9.10. The van der Waals surface area contributed by atoms with Gasteiger partial charge in [-0.25, -0.2) is 0 Å². The second-order valence-corrected chi connectivity index (χ2v) is 6.00. The van der Waals surface area contributed by atoms with E-state index >= 15 is 0 Å². The van der Waals surface area contributed by atoms with Crippen molar-refractivity contribution in [3.63, 3.8) is 0 Å². The smallest absolute Gasteiger partial charge is 0.305 e. The summed E-state index contributed by atoms with van der Waals surface area (Å²) in [5, 5.41) is 11.8. The summed E-state index contributed by atoms with van der Waals surface area (Å²) in [5.41, 5.74) is 5.64. The molecule has 2 aliphatic rings. The molecule has 1 amide bonds. The van der Waals surface area contributed by atoms with Crippen LogP contribution in [0.15, 0.2) is 0 Å². The van der Waals surface area contributed by atoms with Gasteiger partial charge >= 0.3 is 5.97 Å². The van der Waals surface area contributed by atoms with Crippen molar-refractivity contribution in [1.82, 2.24) is 5.32 Å². The highest BCUT2D eigenvalue weighted by Crippen LogP contribution is 2.35. The van der Waals surface area contributed by atoms with Gasteiger partial charge in [0.2, 0.25) is 5.91 Å². The molecule has 2 fully saturated rings. The lowest BCUT2D eigenvalue weighted by atomic mass is 9.81. The van der Waals surface area contributed by atoms with E-state index in [1.807, 2.05) is 0 Å². The van der Waals surface area contributed by atoms with E-state index < -0.39 is 5.97 Å². The van der Waals surface area contributed by atoms with Crippen LogP contribution in [0.25, 0.3) is 0 Å². The summed E-state index contributed by atoms with van der Waals surface area (Å²) < 4.78 is 0. The van der Waals surface area contributed by atoms with E-state index in [1.165, 1.54) is 0 Å². The molecule has 5 heteroatoms. The van der Waals surface area contributed by atoms with Crippen LogP contribution in [0.1, 0.15) is 44.9 Å². The molecule has 4 N–H and O–H groups in total. The molecule has 0 aliphatic heterocycles. The van der Waals surface area contributed by atoms with Crippen LogP contribution in [-0.2, 0) is 9.59 Å². The van der Waals surface area contributed by atoms with Crippen LogP contribution in [0, 0.1) is 17.8 Å². The van der Waals surface area contributed by atoms with Gasteiger partial charge < -0.3 is 16.2 Å². The zero-order chi connectivity index (χ0) is 13.8. The number of rotatable bonds is 6. The summed E-state index contributed by atoms with van der Waals surface area (Å²) in [5.74, 6) is 0.207. The Morgan fingerprint density at radius 3 is 2.26 bits per heavy atom. The SMILES string of the molecule is NCC1CCC(C(=O)NC(CC(=O)O)C2CC2)CC1. The second kappa shape index (κ2) is 6.37. The van der Waals surface area contributed by atoms with E-state index in [1.54, 1.807) is 0 Å². The van der Waals surface area contributed by atoms with Crippen molar-refractivity contribution in [2.75, 3.05) is 6.54 Å². The van der Waals surface area contributed by atoms with Gasteiger partial charge in [-0.1, -0.05) is 0 Å². The molecule has 2 rings (SSSR count). The minimum Gasteiger partial charge on any atom is -0.481 e. The lowest BCUT2D eigenvalue weighted by Gasteiger charge is -2.28. The predicted octanol–water partition coefficient (Wildman–Crippen LogP) is 1.12. The number of hydrogen-bond donors (Lipinski definition) is 3. The Bertz CT molecular complexity index is 334. The number of amides is 1. The molecule has 1 unspecified atom stereocenters. The number of aliphatic carboxylic acids is 1. The third-order valence-corrected chi connectivity index (χ3v) is 4.46. The Morgan fingerprint density at radius 1 is 1.16 bits per heavy atom. The monoisotopic (exact) mass is 268 g/mol. The Morgan fingerprint density at radius 2 is 1.79 bits per heavy atom. The average molecular weight is 268 g/mol. The van der Waals surface area contributed by atoms with Gasteiger partial charge in [0, 0.05) is 12.0 Å². The normalized spacial score (nSPS) is 28.7. The second-order valence-electron chi connectivity index (χ2n) is 6.00. The highest BCUT2D eigenvalue weighted by atomic mass is 16.4. The fraction of sp³-hybridized carbons (Fsp3) is 0.857. The first-order valence-corrected chi connectivity index (χ1v) is 7.32. The van der Waals surface area contributed by atoms with Crippen LogP contribution in [0.5, 0.6) is 0 Å². The van der Waals surface area contributed by atoms with E-state index in [4.69, 9.17) is 10.8 Å². The van der Waals surface area contributed by atoms with E-state index in [9.17, 15) is 9.59 Å². The molecule has 0 bridgehead atoms. The number of carbonyl (C=O) groups is 2. The number of nitrogens with two attached hydrogens (primary N) is 1. The maximum absolute atomic E-state index is 12.2. The van der Waals surface area contributed by atoms with Gasteiger partial charge in [-0.2, -0.15) is 0 Å². The summed E-state index contributed by atoms with van der Waals surface area (Å²) in [7, 11) is 0. The molecule has 0 saturated heterocycles. The number of carbonyl (C=O) groups excluding carboxylic acids is 1. The number of hydrogen-bond acceptors (Lipinski definition) is 3. The zero-order valence-corrected chi connectivity index (χ0v) is 11.3. The van der Waals surface area contributed by atoms with Crippen LogP contribution in [0.4, 0.5) is 0 Å². The Balaban J connectivity index is 1.80. The molecule has 0 aromatic rings. The highest BCUT2D eigenvalue weighted by Gasteiger charge is 2.35. The van der Waals surface area contributed by atoms with E-state index in [0.717, 1.165) is 38.5 Å². The molecule has 0 radical (unpaired) electrons. The third kappa shape index (κ3) is 4.20. The maximum Gasteiger partial charge on any atom is 0.305 e. The van der Waals surface area contributed by atoms with Gasteiger partial charge in [0.1, 0.15) is 0 Å². The van der Waals surface area contributed by atoms with Crippen molar-refractivity contribution < 1.29 is 14.7 Å². The number of carboxylic acid groups (broad SMARTS) is 1. The molecule has 0 aromatic heterocycles. The molecule has 0 aromatic carbocycles. The molecule has 0 heterocycles. The molecule has 108 valence electrons. The molecular weight excluding hydrogens is 244 g/mol. The minimum atomic E-state index is -0.830. The van der Waals surface area contributed by atoms with Crippen molar-refractivity contribution in [2.24, 2.45) is 23.5 Å². The summed E-state index contributed by atoms with van der Waals surface area (Å²) in [6.07, 6.45) is 5.93. The summed E-state index contributed by atoms with van der Waals surface area (Å²) in [6.45, 7) is 0.706.